The summed E-state index contributed by atoms with van der Waals surface area (Å²) >= 11 is 0. The number of halogens is 1. The molecule has 1 aliphatic rings. The molecule has 0 bridgehead atoms. The largest absolute Gasteiger partial charge is 0.489 e. The molecule has 3 heteroatoms. The first-order valence-corrected chi connectivity index (χ1v) is 5.38. The van der Waals surface area contributed by atoms with Gasteiger partial charge in [0.1, 0.15) is 6.61 Å². The van der Waals surface area contributed by atoms with Crippen LogP contribution < -0.4 is 10.1 Å². The van der Waals surface area contributed by atoms with Crippen LogP contribution in [-0.2, 0) is 0 Å². The van der Waals surface area contributed by atoms with Gasteiger partial charge >= 0.3 is 0 Å². The molecule has 15 heavy (non-hydrogen) atoms. The van der Waals surface area contributed by atoms with Gasteiger partial charge in [-0.15, -0.1) is 0 Å². The van der Waals surface area contributed by atoms with Crippen LogP contribution in [0.25, 0.3) is 0 Å². The van der Waals surface area contributed by atoms with Gasteiger partial charge in [-0.2, -0.15) is 0 Å². The van der Waals surface area contributed by atoms with E-state index in [0.29, 0.717) is 24.0 Å². The molecule has 0 unspecified atom stereocenters. The Kier molecular flexibility index (Phi) is 3.21. The molecule has 0 aliphatic carbocycles. The molecule has 82 valence electrons. The average molecular weight is 209 g/mol. The molecule has 0 aromatic heterocycles. The molecular formula is C12H16FNO. The highest BCUT2D eigenvalue weighted by Crippen LogP contribution is 2.20. The van der Waals surface area contributed by atoms with Gasteiger partial charge in [0.25, 0.3) is 0 Å². The monoisotopic (exact) mass is 209 g/mol. The zero-order valence-electron chi connectivity index (χ0n) is 8.92. The third-order valence-electron chi connectivity index (χ3n) is 2.76. The number of hydrogen-bond acceptors (Lipinski definition) is 2. The zero-order chi connectivity index (χ0) is 10.7. The van der Waals surface area contributed by atoms with Crippen LogP contribution in [-0.4, -0.2) is 19.2 Å². The van der Waals surface area contributed by atoms with Crippen molar-refractivity contribution in [2.45, 2.75) is 25.8 Å². The second kappa shape index (κ2) is 4.62. The van der Waals surface area contributed by atoms with Gasteiger partial charge in [0.15, 0.2) is 11.6 Å². The summed E-state index contributed by atoms with van der Waals surface area (Å²) in [6.07, 6.45) is 2.30. The fraction of sp³-hybridized carbons (Fsp3) is 0.500. The smallest absolute Gasteiger partial charge is 0.167 e. The van der Waals surface area contributed by atoms with E-state index < -0.39 is 0 Å². The van der Waals surface area contributed by atoms with E-state index in [0.717, 1.165) is 13.0 Å². The van der Waals surface area contributed by atoms with Gasteiger partial charge in [-0.05, 0) is 37.9 Å². The number of rotatable bonds is 3. The standard InChI is InChI=1S/C12H16FNO/c1-9-4-2-6-11(12(9)13)15-8-10-5-3-7-14-10/h2,4,6,10,14H,3,5,7-8H2,1H3/t10-/m1/s1. The second-order valence-electron chi connectivity index (χ2n) is 3.99. The van der Waals surface area contributed by atoms with Crippen molar-refractivity contribution in [3.63, 3.8) is 0 Å². The first-order chi connectivity index (χ1) is 7.27. The van der Waals surface area contributed by atoms with Gasteiger partial charge in [0, 0.05) is 6.04 Å². The molecule has 1 atom stereocenters. The highest BCUT2D eigenvalue weighted by molar-refractivity contribution is 5.30. The van der Waals surface area contributed by atoms with Crippen LogP contribution in [0.2, 0.25) is 0 Å². The Hall–Kier alpha value is -1.09. The third kappa shape index (κ3) is 2.48. The Morgan fingerprint density at radius 2 is 2.40 bits per heavy atom. The Morgan fingerprint density at radius 1 is 1.53 bits per heavy atom. The lowest BCUT2D eigenvalue weighted by molar-refractivity contribution is 0.265. The average Bonchev–Trinajstić information content (AvgIpc) is 2.73. The van der Waals surface area contributed by atoms with Crippen LogP contribution in [0.1, 0.15) is 18.4 Å². The molecule has 2 nitrogen and oxygen atoms in total. The lowest BCUT2D eigenvalue weighted by atomic mass is 10.2. The van der Waals surface area contributed by atoms with E-state index in [1.165, 1.54) is 6.42 Å². The van der Waals surface area contributed by atoms with Gasteiger partial charge in [0.2, 0.25) is 0 Å². The van der Waals surface area contributed by atoms with Crippen molar-refractivity contribution in [2.75, 3.05) is 13.2 Å². The summed E-state index contributed by atoms with van der Waals surface area (Å²) in [7, 11) is 0. The van der Waals surface area contributed by atoms with Crippen molar-refractivity contribution >= 4 is 0 Å². The van der Waals surface area contributed by atoms with Crippen LogP contribution in [0.4, 0.5) is 4.39 Å². The predicted octanol–water partition coefficient (Wildman–Crippen LogP) is 2.26. The van der Waals surface area contributed by atoms with E-state index in [1.54, 1.807) is 19.1 Å². The minimum absolute atomic E-state index is 0.240. The lowest BCUT2D eigenvalue weighted by Crippen LogP contribution is -2.28. The Balaban J connectivity index is 1.95. The van der Waals surface area contributed by atoms with Crippen LogP contribution in [0, 0.1) is 12.7 Å². The number of ether oxygens (including phenoxy) is 1. The fourth-order valence-corrected chi connectivity index (χ4v) is 1.82. The predicted molar refractivity (Wildman–Crippen MR) is 57.7 cm³/mol. The molecule has 1 aromatic carbocycles. The molecule has 0 radical (unpaired) electrons. The first kappa shape index (κ1) is 10.4. The number of aryl methyl sites for hydroxylation is 1. The van der Waals surface area contributed by atoms with Gasteiger partial charge < -0.3 is 10.1 Å². The SMILES string of the molecule is Cc1cccc(OC[C@H]2CCCN2)c1F. The van der Waals surface area contributed by atoms with Crippen molar-refractivity contribution < 1.29 is 9.13 Å². The molecule has 0 spiro atoms. The minimum atomic E-state index is -0.240. The molecule has 1 aromatic rings. The van der Waals surface area contributed by atoms with E-state index in [4.69, 9.17) is 4.74 Å². The van der Waals surface area contributed by atoms with E-state index in [9.17, 15) is 4.39 Å². The summed E-state index contributed by atoms with van der Waals surface area (Å²) in [6, 6.07) is 5.62. The van der Waals surface area contributed by atoms with Gasteiger partial charge in [0.05, 0.1) is 0 Å². The summed E-state index contributed by atoms with van der Waals surface area (Å²) in [4.78, 5) is 0. The highest BCUT2D eigenvalue weighted by Gasteiger charge is 2.15. The molecule has 1 aliphatic heterocycles. The first-order valence-electron chi connectivity index (χ1n) is 5.38. The summed E-state index contributed by atoms with van der Waals surface area (Å²) in [5.41, 5.74) is 0.631. The molecule has 0 saturated carbocycles. The second-order valence-corrected chi connectivity index (χ2v) is 3.99. The maximum atomic E-state index is 13.5. The summed E-state index contributed by atoms with van der Waals surface area (Å²) < 4.78 is 19.0. The Labute approximate surface area is 89.4 Å². The highest BCUT2D eigenvalue weighted by atomic mass is 19.1. The number of benzene rings is 1. The molecule has 1 saturated heterocycles. The lowest BCUT2D eigenvalue weighted by Gasteiger charge is -2.13. The molecule has 1 N–H and O–H groups in total. The maximum Gasteiger partial charge on any atom is 0.167 e. The van der Waals surface area contributed by atoms with Crippen molar-refractivity contribution in [2.24, 2.45) is 0 Å². The van der Waals surface area contributed by atoms with E-state index in [2.05, 4.69) is 5.32 Å². The summed E-state index contributed by atoms with van der Waals surface area (Å²) in [5.74, 6) is 0.124. The summed E-state index contributed by atoms with van der Waals surface area (Å²) in [5, 5.41) is 3.31. The van der Waals surface area contributed by atoms with Gasteiger partial charge in [-0.3, -0.25) is 0 Å². The van der Waals surface area contributed by atoms with Crippen molar-refractivity contribution in [1.29, 1.82) is 0 Å². The summed E-state index contributed by atoms with van der Waals surface area (Å²) in [6.45, 7) is 3.35. The maximum absolute atomic E-state index is 13.5. The van der Waals surface area contributed by atoms with Crippen LogP contribution >= 0.6 is 0 Å². The molecule has 0 amide bonds. The van der Waals surface area contributed by atoms with E-state index >= 15 is 0 Å². The van der Waals surface area contributed by atoms with Crippen LogP contribution in [0.3, 0.4) is 0 Å². The number of hydrogen-bond donors (Lipinski definition) is 1. The molecular weight excluding hydrogens is 193 g/mol. The van der Waals surface area contributed by atoms with Gasteiger partial charge in [-0.1, -0.05) is 12.1 Å². The number of nitrogens with one attached hydrogen (secondary N) is 1. The van der Waals surface area contributed by atoms with Crippen molar-refractivity contribution in [3.8, 4) is 5.75 Å². The zero-order valence-corrected chi connectivity index (χ0v) is 8.92. The molecule has 2 rings (SSSR count). The topological polar surface area (TPSA) is 21.3 Å². The normalized spacial score (nSPS) is 20.5. The third-order valence-corrected chi connectivity index (χ3v) is 2.76. The van der Waals surface area contributed by atoms with Crippen LogP contribution in [0.15, 0.2) is 18.2 Å². The molecule has 1 heterocycles. The van der Waals surface area contributed by atoms with Crippen molar-refractivity contribution in [1.82, 2.24) is 5.32 Å². The van der Waals surface area contributed by atoms with Crippen LogP contribution in [0.5, 0.6) is 5.75 Å². The van der Waals surface area contributed by atoms with Crippen molar-refractivity contribution in [3.05, 3.63) is 29.6 Å². The van der Waals surface area contributed by atoms with Gasteiger partial charge in [-0.25, -0.2) is 4.39 Å². The Morgan fingerprint density at radius 3 is 3.13 bits per heavy atom. The minimum Gasteiger partial charge on any atom is -0.489 e. The van der Waals surface area contributed by atoms with E-state index in [1.807, 2.05) is 6.07 Å². The quantitative estimate of drug-likeness (QED) is 0.824. The van der Waals surface area contributed by atoms with E-state index in [-0.39, 0.29) is 5.82 Å². The fourth-order valence-electron chi connectivity index (χ4n) is 1.82. The Bertz CT molecular complexity index is 334. The molecule has 1 fully saturated rings.